The Morgan fingerprint density at radius 3 is 2.30 bits per heavy atom. The molecule has 0 saturated carbocycles. The number of carbonyl (C=O) groups is 2. The quantitative estimate of drug-likeness (QED) is 0.367. The van der Waals surface area contributed by atoms with Gasteiger partial charge < -0.3 is 20.2 Å². The number of nitrogens with two attached hydrogens (primary N) is 1. The van der Waals surface area contributed by atoms with E-state index in [2.05, 4.69) is 16.0 Å². The van der Waals surface area contributed by atoms with Gasteiger partial charge in [0, 0.05) is 5.56 Å². The third-order valence-electron chi connectivity index (χ3n) is 6.61. The molecule has 1 aromatic heterocycles. The molecule has 5 rings (SSSR count). The topological polar surface area (TPSA) is 151 Å². The number of rotatable bonds is 5. The molecule has 0 bridgehead atoms. The van der Waals surface area contributed by atoms with E-state index in [1.54, 1.807) is 78.9 Å². The zero-order valence-corrected chi connectivity index (χ0v) is 21.5. The summed E-state index contributed by atoms with van der Waals surface area (Å²) in [5, 5.41) is 10.3. The first-order chi connectivity index (χ1) is 19.4. The molecular formula is C30H23N5O5. The average Bonchev–Trinajstić information content (AvgIpc) is 2.99. The summed E-state index contributed by atoms with van der Waals surface area (Å²) in [7, 11) is 2.35. The number of methoxy groups -OCH3 is 2. The van der Waals surface area contributed by atoms with E-state index in [1.807, 2.05) is 0 Å². The Morgan fingerprint density at radius 2 is 1.60 bits per heavy atom. The molecule has 0 saturated heterocycles. The van der Waals surface area contributed by atoms with Crippen LogP contribution in [0.25, 0.3) is 22.3 Å². The van der Waals surface area contributed by atoms with Gasteiger partial charge in [-0.05, 0) is 23.8 Å². The number of nitriles is 1. The van der Waals surface area contributed by atoms with Crippen molar-refractivity contribution in [1.82, 2.24) is 9.97 Å². The second-order valence-corrected chi connectivity index (χ2v) is 8.78. The molecular weight excluding hydrogens is 510 g/mol. The van der Waals surface area contributed by atoms with Gasteiger partial charge in [-0.3, -0.25) is 9.69 Å². The SMILES string of the molecule is COC(=O)C1=C(C(=O)OC)N(c2ccccc2-c2nc3ccccc3[nH]c2=O)C(N)=C(C#N)C1c1ccccc1. The number of H-pyrrole nitrogens is 1. The molecule has 40 heavy (non-hydrogen) atoms. The summed E-state index contributed by atoms with van der Waals surface area (Å²) < 4.78 is 10.2. The van der Waals surface area contributed by atoms with E-state index in [0.717, 1.165) is 0 Å². The maximum absolute atomic E-state index is 13.4. The summed E-state index contributed by atoms with van der Waals surface area (Å²) in [4.78, 5) is 48.6. The third kappa shape index (κ3) is 4.25. The number of benzene rings is 3. The third-order valence-corrected chi connectivity index (χ3v) is 6.61. The lowest BCUT2D eigenvalue weighted by molar-refractivity contribution is -0.139. The highest BCUT2D eigenvalue weighted by Crippen LogP contribution is 2.44. The number of esters is 2. The van der Waals surface area contributed by atoms with Crippen molar-refractivity contribution in [2.75, 3.05) is 19.1 Å². The summed E-state index contributed by atoms with van der Waals surface area (Å²) in [6, 6.07) is 24.5. The molecule has 2 heterocycles. The summed E-state index contributed by atoms with van der Waals surface area (Å²) in [5.41, 5.74) is 8.00. The molecule has 3 N–H and O–H groups in total. The number of allylic oxidation sites excluding steroid dienone is 1. The van der Waals surface area contributed by atoms with Crippen molar-refractivity contribution in [3.05, 3.63) is 117 Å². The van der Waals surface area contributed by atoms with Crippen molar-refractivity contribution in [2.45, 2.75) is 5.92 Å². The second kappa shape index (κ2) is 10.6. The Labute approximate surface area is 228 Å². The van der Waals surface area contributed by atoms with Crippen molar-refractivity contribution in [1.29, 1.82) is 5.26 Å². The highest BCUT2D eigenvalue weighted by atomic mass is 16.5. The monoisotopic (exact) mass is 533 g/mol. The largest absolute Gasteiger partial charge is 0.466 e. The number of nitrogens with one attached hydrogen (secondary N) is 1. The van der Waals surface area contributed by atoms with Gasteiger partial charge >= 0.3 is 11.9 Å². The molecule has 3 aromatic carbocycles. The lowest BCUT2D eigenvalue weighted by Gasteiger charge is -2.36. The minimum absolute atomic E-state index is 0.00874. The van der Waals surface area contributed by atoms with Crippen LogP contribution < -0.4 is 16.2 Å². The van der Waals surface area contributed by atoms with Gasteiger partial charge in [0.05, 0.1) is 54.1 Å². The average molecular weight is 534 g/mol. The minimum atomic E-state index is -1.02. The van der Waals surface area contributed by atoms with Gasteiger partial charge in [0.25, 0.3) is 5.56 Å². The lowest BCUT2D eigenvalue weighted by atomic mass is 9.80. The van der Waals surface area contributed by atoms with Crippen LogP contribution in [-0.2, 0) is 19.1 Å². The maximum atomic E-state index is 13.4. The number of fused-ring (bicyclic) bond motifs is 1. The number of para-hydroxylation sites is 3. The molecule has 0 aliphatic carbocycles. The number of aromatic nitrogens is 2. The number of hydrogen-bond acceptors (Lipinski definition) is 9. The van der Waals surface area contributed by atoms with Crippen molar-refractivity contribution < 1.29 is 19.1 Å². The minimum Gasteiger partial charge on any atom is -0.466 e. The number of anilines is 1. The van der Waals surface area contributed by atoms with E-state index >= 15 is 0 Å². The molecule has 10 nitrogen and oxygen atoms in total. The highest BCUT2D eigenvalue weighted by Gasteiger charge is 2.43. The van der Waals surface area contributed by atoms with Gasteiger partial charge in [0.15, 0.2) is 0 Å². The van der Waals surface area contributed by atoms with Gasteiger partial charge in [-0.2, -0.15) is 5.26 Å². The first-order valence-electron chi connectivity index (χ1n) is 12.1. The highest BCUT2D eigenvalue weighted by molar-refractivity contribution is 6.07. The molecule has 1 unspecified atom stereocenters. The first kappa shape index (κ1) is 25.9. The summed E-state index contributed by atoms with van der Waals surface area (Å²) in [6.45, 7) is 0. The Morgan fingerprint density at radius 1 is 0.950 bits per heavy atom. The van der Waals surface area contributed by atoms with Crippen LogP contribution in [0.5, 0.6) is 0 Å². The molecule has 0 amide bonds. The van der Waals surface area contributed by atoms with Crippen LogP contribution in [0.3, 0.4) is 0 Å². The Hall–Kier alpha value is -5.69. The van der Waals surface area contributed by atoms with E-state index in [4.69, 9.17) is 15.2 Å². The normalized spacial score (nSPS) is 15.1. The zero-order chi connectivity index (χ0) is 28.4. The molecule has 4 aromatic rings. The summed E-state index contributed by atoms with van der Waals surface area (Å²) in [5.74, 6) is -2.87. The molecule has 0 fully saturated rings. The van der Waals surface area contributed by atoms with E-state index in [-0.39, 0.29) is 34.0 Å². The van der Waals surface area contributed by atoms with Gasteiger partial charge in [-0.25, -0.2) is 14.6 Å². The number of aromatic amines is 1. The maximum Gasteiger partial charge on any atom is 0.355 e. The van der Waals surface area contributed by atoms with Crippen molar-refractivity contribution in [2.24, 2.45) is 5.73 Å². The second-order valence-electron chi connectivity index (χ2n) is 8.78. The number of ether oxygens (including phenoxy) is 2. The standard InChI is InChI=1S/C30H23N5O5/c1-39-29(37)24-23(17-10-4-3-5-11-17)19(16-31)27(32)35(26(24)30(38)40-2)22-15-9-6-12-18(22)25-28(36)34-21-14-8-7-13-20(21)33-25/h3-15,23H,32H2,1-2H3,(H,34,36). The first-order valence-corrected chi connectivity index (χ1v) is 12.1. The fourth-order valence-electron chi connectivity index (χ4n) is 4.84. The molecule has 0 radical (unpaired) electrons. The predicted octanol–water partition coefficient (Wildman–Crippen LogP) is 3.49. The zero-order valence-electron chi connectivity index (χ0n) is 21.5. The summed E-state index contributed by atoms with van der Waals surface area (Å²) >= 11 is 0. The van der Waals surface area contributed by atoms with Crippen LogP contribution in [0.15, 0.2) is 106 Å². The number of hydrogen-bond donors (Lipinski definition) is 2. The van der Waals surface area contributed by atoms with Crippen LogP contribution in [0.2, 0.25) is 0 Å². The van der Waals surface area contributed by atoms with Crippen LogP contribution >= 0.6 is 0 Å². The van der Waals surface area contributed by atoms with Crippen LogP contribution in [0.4, 0.5) is 5.69 Å². The van der Waals surface area contributed by atoms with Gasteiger partial charge in [0.2, 0.25) is 0 Å². The van der Waals surface area contributed by atoms with Gasteiger partial charge in [-0.15, -0.1) is 0 Å². The summed E-state index contributed by atoms with van der Waals surface area (Å²) in [6.07, 6.45) is 0. The molecule has 0 spiro atoms. The molecule has 1 aliphatic heterocycles. The Bertz CT molecular complexity index is 1820. The number of nitrogens with zero attached hydrogens (tertiary/aromatic N) is 3. The smallest absolute Gasteiger partial charge is 0.355 e. The molecule has 1 aliphatic rings. The Balaban J connectivity index is 1.85. The predicted molar refractivity (Wildman–Crippen MR) is 147 cm³/mol. The van der Waals surface area contributed by atoms with Crippen LogP contribution in [0.1, 0.15) is 11.5 Å². The fourth-order valence-corrected chi connectivity index (χ4v) is 4.84. The van der Waals surface area contributed by atoms with Crippen molar-refractivity contribution in [3.8, 4) is 17.3 Å². The molecule has 10 heteroatoms. The fraction of sp³-hybridized carbons (Fsp3) is 0.100. The van der Waals surface area contributed by atoms with E-state index in [0.29, 0.717) is 22.2 Å². The van der Waals surface area contributed by atoms with E-state index in [9.17, 15) is 19.6 Å². The van der Waals surface area contributed by atoms with E-state index in [1.165, 1.54) is 19.1 Å². The molecule has 1 atom stereocenters. The lowest BCUT2D eigenvalue weighted by Crippen LogP contribution is -2.41. The van der Waals surface area contributed by atoms with Crippen molar-refractivity contribution >= 4 is 28.7 Å². The van der Waals surface area contributed by atoms with Crippen LogP contribution in [-0.4, -0.2) is 36.1 Å². The van der Waals surface area contributed by atoms with Crippen LogP contribution in [0, 0.1) is 11.3 Å². The van der Waals surface area contributed by atoms with Crippen molar-refractivity contribution in [3.63, 3.8) is 0 Å². The van der Waals surface area contributed by atoms with Gasteiger partial charge in [-0.1, -0.05) is 60.7 Å². The van der Waals surface area contributed by atoms with E-state index < -0.39 is 23.4 Å². The van der Waals surface area contributed by atoms with Gasteiger partial charge in [0.1, 0.15) is 17.2 Å². The molecule has 198 valence electrons. The Kier molecular flexibility index (Phi) is 6.87. The number of carbonyl (C=O) groups excluding carboxylic acids is 2.